The summed E-state index contributed by atoms with van der Waals surface area (Å²) in [6, 6.07) is 15.1. The standard InChI is InChI=1S/C19H14IN3O4/c1-12-2-7-15(23(25)26)10-17(12)18-9-8-16(27-18)11-21-22-19(24)13-3-5-14(20)6-4-13/h2-11H,1H3,(H,22,24)/b21-11-. The van der Waals surface area contributed by atoms with Crippen LogP contribution in [0.25, 0.3) is 11.3 Å². The number of hydrazone groups is 1. The van der Waals surface area contributed by atoms with Crippen LogP contribution in [0, 0.1) is 20.6 Å². The molecule has 0 bridgehead atoms. The van der Waals surface area contributed by atoms with Gasteiger partial charge in [0.05, 0.1) is 11.1 Å². The normalized spacial score (nSPS) is 10.9. The lowest BCUT2D eigenvalue weighted by Crippen LogP contribution is -2.17. The lowest BCUT2D eigenvalue weighted by molar-refractivity contribution is -0.384. The highest BCUT2D eigenvalue weighted by molar-refractivity contribution is 14.1. The predicted molar refractivity (Wildman–Crippen MR) is 110 cm³/mol. The lowest BCUT2D eigenvalue weighted by Gasteiger charge is -2.02. The molecule has 1 N–H and O–H groups in total. The van der Waals surface area contributed by atoms with Crippen LogP contribution in [-0.4, -0.2) is 17.0 Å². The van der Waals surface area contributed by atoms with Gasteiger partial charge in [-0.15, -0.1) is 0 Å². The molecule has 0 aliphatic rings. The third-order valence-electron chi connectivity index (χ3n) is 3.79. The smallest absolute Gasteiger partial charge is 0.271 e. The molecule has 1 amide bonds. The van der Waals surface area contributed by atoms with Crippen molar-refractivity contribution in [3.63, 3.8) is 0 Å². The van der Waals surface area contributed by atoms with Gasteiger partial charge in [0.1, 0.15) is 11.5 Å². The number of amides is 1. The average Bonchev–Trinajstić information content (AvgIpc) is 3.11. The van der Waals surface area contributed by atoms with E-state index in [2.05, 4.69) is 33.1 Å². The third-order valence-corrected chi connectivity index (χ3v) is 4.51. The van der Waals surface area contributed by atoms with Crippen LogP contribution in [0.2, 0.25) is 0 Å². The van der Waals surface area contributed by atoms with Crippen LogP contribution in [0.3, 0.4) is 0 Å². The minimum Gasteiger partial charge on any atom is -0.455 e. The number of non-ortho nitro benzene ring substituents is 1. The molecular weight excluding hydrogens is 461 g/mol. The number of furan rings is 1. The Morgan fingerprint density at radius 3 is 2.63 bits per heavy atom. The maximum Gasteiger partial charge on any atom is 0.271 e. The molecule has 3 rings (SSSR count). The molecule has 0 radical (unpaired) electrons. The first-order valence-electron chi connectivity index (χ1n) is 7.88. The van der Waals surface area contributed by atoms with Gasteiger partial charge in [-0.05, 0) is 71.5 Å². The van der Waals surface area contributed by atoms with Crippen molar-refractivity contribution in [3.8, 4) is 11.3 Å². The molecule has 0 fully saturated rings. The number of hydrogen-bond acceptors (Lipinski definition) is 5. The summed E-state index contributed by atoms with van der Waals surface area (Å²) in [4.78, 5) is 22.5. The Balaban J connectivity index is 1.72. The van der Waals surface area contributed by atoms with Crippen molar-refractivity contribution in [3.05, 3.63) is 85.2 Å². The number of carbonyl (C=O) groups excluding carboxylic acids is 1. The van der Waals surface area contributed by atoms with Crippen LogP contribution in [0.4, 0.5) is 5.69 Å². The fourth-order valence-corrected chi connectivity index (χ4v) is 2.74. The van der Waals surface area contributed by atoms with Gasteiger partial charge in [-0.25, -0.2) is 5.43 Å². The summed E-state index contributed by atoms with van der Waals surface area (Å²) in [6.45, 7) is 1.84. The third kappa shape index (κ3) is 4.59. The zero-order valence-electron chi connectivity index (χ0n) is 14.2. The van der Waals surface area contributed by atoms with E-state index < -0.39 is 4.92 Å². The molecule has 1 heterocycles. The van der Waals surface area contributed by atoms with Crippen molar-refractivity contribution in [1.29, 1.82) is 0 Å². The Kier molecular flexibility index (Phi) is 5.65. The van der Waals surface area contributed by atoms with Gasteiger partial charge >= 0.3 is 0 Å². The monoisotopic (exact) mass is 475 g/mol. The highest BCUT2D eigenvalue weighted by Gasteiger charge is 2.13. The number of hydrogen-bond donors (Lipinski definition) is 1. The minimum absolute atomic E-state index is 0.00741. The van der Waals surface area contributed by atoms with Crippen molar-refractivity contribution in [2.45, 2.75) is 6.92 Å². The number of benzene rings is 2. The van der Waals surface area contributed by atoms with E-state index >= 15 is 0 Å². The van der Waals surface area contributed by atoms with Gasteiger partial charge in [-0.3, -0.25) is 14.9 Å². The van der Waals surface area contributed by atoms with E-state index in [9.17, 15) is 14.9 Å². The fraction of sp³-hybridized carbons (Fsp3) is 0.0526. The largest absolute Gasteiger partial charge is 0.455 e. The average molecular weight is 475 g/mol. The van der Waals surface area contributed by atoms with Gasteiger partial charge in [-0.2, -0.15) is 5.10 Å². The molecule has 0 atom stereocenters. The summed E-state index contributed by atoms with van der Waals surface area (Å²) >= 11 is 2.16. The first kappa shape index (κ1) is 18.8. The van der Waals surface area contributed by atoms with E-state index in [0.717, 1.165) is 9.13 Å². The molecule has 7 nitrogen and oxygen atoms in total. The van der Waals surface area contributed by atoms with Gasteiger partial charge in [0.25, 0.3) is 11.6 Å². The minimum atomic E-state index is -0.450. The summed E-state index contributed by atoms with van der Waals surface area (Å²) in [5, 5.41) is 14.8. The molecule has 0 unspecified atom stereocenters. The Morgan fingerprint density at radius 2 is 1.93 bits per heavy atom. The zero-order valence-corrected chi connectivity index (χ0v) is 16.3. The van der Waals surface area contributed by atoms with Crippen LogP contribution in [0.1, 0.15) is 21.7 Å². The van der Waals surface area contributed by atoms with Crippen LogP contribution < -0.4 is 5.43 Å². The highest BCUT2D eigenvalue weighted by atomic mass is 127. The lowest BCUT2D eigenvalue weighted by atomic mass is 10.1. The fourth-order valence-electron chi connectivity index (χ4n) is 2.38. The summed E-state index contributed by atoms with van der Waals surface area (Å²) in [5.41, 5.74) is 4.41. The van der Waals surface area contributed by atoms with Gasteiger partial charge in [-0.1, -0.05) is 6.07 Å². The Morgan fingerprint density at radius 1 is 1.19 bits per heavy atom. The van der Waals surface area contributed by atoms with Crippen molar-refractivity contribution < 1.29 is 14.1 Å². The predicted octanol–water partition coefficient (Wildman–Crippen LogP) is 4.53. The molecular formula is C19H14IN3O4. The van der Waals surface area contributed by atoms with Crippen molar-refractivity contribution in [2.24, 2.45) is 5.10 Å². The van der Waals surface area contributed by atoms with Gasteiger partial charge in [0.2, 0.25) is 0 Å². The van der Waals surface area contributed by atoms with E-state index in [1.165, 1.54) is 18.3 Å². The molecule has 8 heteroatoms. The number of nitrogens with zero attached hydrogens (tertiary/aromatic N) is 2. The van der Waals surface area contributed by atoms with Crippen molar-refractivity contribution in [2.75, 3.05) is 0 Å². The quantitative estimate of drug-likeness (QED) is 0.254. The number of halogens is 1. The highest BCUT2D eigenvalue weighted by Crippen LogP contribution is 2.28. The second-order valence-corrected chi connectivity index (χ2v) is 6.91. The summed E-state index contributed by atoms with van der Waals surface area (Å²) < 4.78 is 6.70. The molecule has 0 aliphatic carbocycles. The molecule has 136 valence electrons. The Bertz CT molecular complexity index is 1030. The Labute approximate surface area is 168 Å². The van der Waals surface area contributed by atoms with E-state index in [1.54, 1.807) is 30.3 Å². The maximum atomic E-state index is 12.0. The maximum absolute atomic E-state index is 12.0. The van der Waals surface area contributed by atoms with E-state index in [-0.39, 0.29) is 11.6 Å². The Hall–Kier alpha value is -3.01. The molecule has 0 saturated heterocycles. The van der Waals surface area contributed by atoms with Gasteiger partial charge in [0, 0.05) is 26.8 Å². The van der Waals surface area contributed by atoms with E-state index in [1.807, 2.05) is 19.1 Å². The summed E-state index contributed by atoms with van der Waals surface area (Å²) in [6.07, 6.45) is 1.38. The topological polar surface area (TPSA) is 97.7 Å². The molecule has 0 spiro atoms. The number of nitro benzene ring substituents is 1. The van der Waals surface area contributed by atoms with Crippen molar-refractivity contribution in [1.82, 2.24) is 5.43 Å². The second kappa shape index (κ2) is 8.12. The van der Waals surface area contributed by atoms with Crippen LogP contribution in [0.15, 0.2) is 64.1 Å². The van der Waals surface area contributed by atoms with Crippen molar-refractivity contribution >= 4 is 40.4 Å². The zero-order chi connectivity index (χ0) is 19.4. The van der Waals surface area contributed by atoms with E-state index in [4.69, 9.17) is 4.42 Å². The number of rotatable bonds is 5. The molecule has 0 saturated carbocycles. The number of aryl methyl sites for hydroxylation is 1. The van der Waals surface area contributed by atoms with Crippen LogP contribution >= 0.6 is 22.6 Å². The number of carbonyl (C=O) groups is 1. The van der Waals surface area contributed by atoms with Crippen LogP contribution in [0.5, 0.6) is 0 Å². The molecule has 0 aliphatic heterocycles. The van der Waals surface area contributed by atoms with Gasteiger partial charge < -0.3 is 4.42 Å². The first-order chi connectivity index (χ1) is 12.9. The number of nitro groups is 1. The summed E-state index contributed by atoms with van der Waals surface area (Å²) in [7, 11) is 0. The molecule has 1 aromatic heterocycles. The SMILES string of the molecule is Cc1ccc([N+](=O)[O-])cc1-c1ccc(/C=N\NC(=O)c2ccc(I)cc2)o1. The first-order valence-corrected chi connectivity index (χ1v) is 8.96. The van der Waals surface area contributed by atoms with E-state index in [0.29, 0.717) is 22.6 Å². The molecule has 3 aromatic rings. The molecule has 27 heavy (non-hydrogen) atoms. The van der Waals surface area contributed by atoms with Crippen LogP contribution in [-0.2, 0) is 0 Å². The number of nitrogens with one attached hydrogen (secondary N) is 1. The summed E-state index contributed by atoms with van der Waals surface area (Å²) in [5.74, 6) is 0.574. The van der Waals surface area contributed by atoms with Gasteiger partial charge in [0.15, 0.2) is 0 Å². The second-order valence-electron chi connectivity index (χ2n) is 5.66. The molecule has 2 aromatic carbocycles.